The lowest BCUT2D eigenvalue weighted by molar-refractivity contribution is -0.138. The Hall–Kier alpha value is -1.31. The number of aliphatic carboxylic acids is 1. The van der Waals surface area contributed by atoms with E-state index in [1.807, 2.05) is 36.5 Å². The first-order valence-electron chi connectivity index (χ1n) is 4.05. The maximum Gasteiger partial charge on any atom is 0.307 e. The Morgan fingerprint density at radius 3 is 1.92 bits per heavy atom. The van der Waals surface area contributed by atoms with Crippen molar-refractivity contribution in [3.8, 4) is 0 Å². The summed E-state index contributed by atoms with van der Waals surface area (Å²) in [6.07, 6.45) is 11.6. The van der Waals surface area contributed by atoms with Gasteiger partial charge in [0.15, 0.2) is 0 Å². The molecular formula is C10H10O2. The van der Waals surface area contributed by atoms with Crippen LogP contribution in [0.4, 0.5) is 0 Å². The third-order valence-electron chi connectivity index (χ3n) is 2.42. The van der Waals surface area contributed by atoms with Crippen molar-refractivity contribution in [2.75, 3.05) is 0 Å². The summed E-state index contributed by atoms with van der Waals surface area (Å²) in [7, 11) is 0. The lowest BCUT2D eigenvalue weighted by atomic mass is 10.2. The van der Waals surface area contributed by atoms with Crippen molar-refractivity contribution >= 4 is 5.97 Å². The van der Waals surface area contributed by atoms with E-state index in [0.29, 0.717) is 0 Å². The monoisotopic (exact) mass is 162 g/mol. The maximum absolute atomic E-state index is 10.7. The van der Waals surface area contributed by atoms with Crippen LogP contribution in [0.2, 0.25) is 0 Å². The molecule has 0 aromatic rings. The molecule has 2 rings (SSSR count). The summed E-state index contributed by atoms with van der Waals surface area (Å²) in [6, 6.07) is 0. The van der Waals surface area contributed by atoms with Crippen molar-refractivity contribution in [3.05, 3.63) is 36.5 Å². The van der Waals surface area contributed by atoms with Crippen LogP contribution in [0.15, 0.2) is 36.5 Å². The molecule has 2 unspecified atom stereocenters. The van der Waals surface area contributed by atoms with Gasteiger partial charge in [-0.05, 0) is 11.8 Å². The molecule has 2 nitrogen and oxygen atoms in total. The Labute approximate surface area is 70.9 Å². The molecule has 0 spiro atoms. The number of carboxylic acids is 1. The molecule has 1 fully saturated rings. The van der Waals surface area contributed by atoms with Crippen LogP contribution < -0.4 is 0 Å². The molecule has 0 aromatic heterocycles. The van der Waals surface area contributed by atoms with Gasteiger partial charge < -0.3 is 5.11 Å². The van der Waals surface area contributed by atoms with Gasteiger partial charge in [0.2, 0.25) is 0 Å². The summed E-state index contributed by atoms with van der Waals surface area (Å²) in [5.74, 6) is -0.411. The van der Waals surface area contributed by atoms with Crippen LogP contribution >= 0.6 is 0 Å². The summed E-state index contributed by atoms with van der Waals surface area (Å²) < 4.78 is 0. The molecule has 2 heteroatoms. The molecule has 0 bridgehead atoms. The van der Waals surface area contributed by atoms with E-state index in [2.05, 4.69) is 0 Å². The smallest absolute Gasteiger partial charge is 0.307 e. The quantitative estimate of drug-likeness (QED) is 0.636. The maximum atomic E-state index is 10.7. The molecule has 2 aliphatic carbocycles. The van der Waals surface area contributed by atoms with E-state index >= 15 is 0 Å². The summed E-state index contributed by atoms with van der Waals surface area (Å²) in [4.78, 5) is 10.7. The van der Waals surface area contributed by atoms with E-state index in [4.69, 9.17) is 5.11 Å². The number of carbonyl (C=O) groups is 1. The Morgan fingerprint density at radius 1 is 1.00 bits per heavy atom. The first-order valence-corrected chi connectivity index (χ1v) is 4.05. The molecule has 0 amide bonds. The average Bonchev–Trinajstić information content (AvgIpc) is 2.60. The van der Waals surface area contributed by atoms with Crippen LogP contribution in [0.5, 0.6) is 0 Å². The highest BCUT2D eigenvalue weighted by Gasteiger charge is 2.51. The van der Waals surface area contributed by atoms with Gasteiger partial charge in [-0.2, -0.15) is 0 Å². The van der Waals surface area contributed by atoms with Gasteiger partial charge in [-0.15, -0.1) is 0 Å². The van der Waals surface area contributed by atoms with E-state index in [1.165, 1.54) is 0 Å². The first-order chi connectivity index (χ1) is 5.80. The average molecular weight is 162 g/mol. The SMILES string of the molecule is O=C(O)C1C2C=CC=CC=CC21. The second kappa shape index (κ2) is 2.63. The summed E-state index contributed by atoms with van der Waals surface area (Å²) in [5, 5.41) is 8.78. The predicted molar refractivity (Wildman–Crippen MR) is 45.5 cm³/mol. The molecule has 0 aromatic carbocycles. The predicted octanol–water partition coefficient (Wildman–Crippen LogP) is 1.62. The lowest BCUT2D eigenvalue weighted by Gasteiger charge is -1.85. The van der Waals surface area contributed by atoms with Crippen molar-refractivity contribution in [3.63, 3.8) is 0 Å². The third-order valence-corrected chi connectivity index (χ3v) is 2.42. The van der Waals surface area contributed by atoms with Gasteiger partial charge >= 0.3 is 5.97 Å². The third kappa shape index (κ3) is 1.09. The van der Waals surface area contributed by atoms with Crippen LogP contribution in [0.1, 0.15) is 0 Å². The van der Waals surface area contributed by atoms with E-state index in [-0.39, 0.29) is 17.8 Å². The van der Waals surface area contributed by atoms with Crippen molar-refractivity contribution in [1.29, 1.82) is 0 Å². The molecule has 2 atom stereocenters. The lowest BCUT2D eigenvalue weighted by Crippen LogP contribution is -1.99. The number of rotatable bonds is 1. The van der Waals surface area contributed by atoms with Crippen molar-refractivity contribution < 1.29 is 9.90 Å². The number of fused-ring (bicyclic) bond motifs is 1. The van der Waals surface area contributed by atoms with Crippen molar-refractivity contribution in [2.24, 2.45) is 17.8 Å². The summed E-state index contributed by atoms with van der Waals surface area (Å²) in [5.41, 5.74) is 0. The second-order valence-electron chi connectivity index (χ2n) is 3.17. The fraction of sp³-hybridized carbons (Fsp3) is 0.300. The Bertz CT molecular complexity index is 264. The van der Waals surface area contributed by atoms with E-state index in [1.54, 1.807) is 0 Å². The van der Waals surface area contributed by atoms with Crippen LogP contribution in [-0.2, 0) is 4.79 Å². The Balaban J connectivity index is 2.17. The number of carboxylic acid groups (broad SMARTS) is 1. The standard InChI is InChI=1S/C10H10O2/c11-10(12)9-7-5-3-1-2-4-6-8(7)9/h1-9H,(H,11,12). The molecule has 62 valence electrons. The van der Waals surface area contributed by atoms with Gasteiger partial charge in [0.25, 0.3) is 0 Å². The molecule has 2 aliphatic rings. The van der Waals surface area contributed by atoms with Crippen LogP contribution in [0.25, 0.3) is 0 Å². The fourth-order valence-corrected chi connectivity index (χ4v) is 1.70. The number of allylic oxidation sites excluding steroid dienone is 6. The first kappa shape index (κ1) is 7.35. The highest BCUT2D eigenvalue weighted by atomic mass is 16.4. The van der Waals surface area contributed by atoms with Gasteiger partial charge in [0.1, 0.15) is 0 Å². The largest absolute Gasteiger partial charge is 0.481 e. The van der Waals surface area contributed by atoms with Crippen LogP contribution in [0.3, 0.4) is 0 Å². The fourth-order valence-electron chi connectivity index (χ4n) is 1.70. The topological polar surface area (TPSA) is 37.3 Å². The second-order valence-corrected chi connectivity index (χ2v) is 3.17. The minimum Gasteiger partial charge on any atom is -0.481 e. The van der Waals surface area contributed by atoms with Crippen LogP contribution in [-0.4, -0.2) is 11.1 Å². The molecule has 0 radical (unpaired) electrons. The highest BCUT2D eigenvalue weighted by Crippen LogP contribution is 2.48. The van der Waals surface area contributed by atoms with Crippen LogP contribution in [0, 0.1) is 17.8 Å². The normalized spacial score (nSPS) is 36.8. The number of hydrogen-bond acceptors (Lipinski definition) is 1. The minimum absolute atomic E-state index is 0.183. The highest BCUT2D eigenvalue weighted by molar-refractivity contribution is 5.75. The summed E-state index contributed by atoms with van der Waals surface area (Å²) >= 11 is 0. The Kier molecular flexibility index (Phi) is 1.61. The molecule has 0 aliphatic heterocycles. The molecule has 0 heterocycles. The minimum atomic E-state index is -0.679. The van der Waals surface area contributed by atoms with Gasteiger partial charge in [0, 0.05) is 0 Å². The van der Waals surface area contributed by atoms with E-state index in [0.717, 1.165) is 0 Å². The summed E-state index contributed by atoms with van der Waals surface area (Å²) in [6.45, 7) is 0. The molecular weight excluding hydrogens is 152 g/mol. The van der Waals surface area contributed by atoms with E-state index in [9.17, 15) is 4.79 Å². The Morgan fingerprint density at radius 2 is 1.50 bits per heavy atom. The van der Waals surface area contributed by atoms with Gasteiger partial charge in [-0.3, -0.25) is 4.79 Å². The molecule has 1 saturated carbocycles. The zero-order valence-corrected chi connectivity index (χ0v) is 6.55. The number of hydrogen-bond donors (Lipinski definition) is 1. The van der Waals surface area contributed by atoms with Gasteiger partial charge in [0.05, 0.1) is 5.92 Å². The van der Waals surface area contributed by atoms with E-state index < -0.39 is 5.97 Å². The van der Waals surface area contributed by atoms with Crippen molar-refractivity contribution in [1.82, 2.24) is 0 Å². The zero-order valence-electron chi connectivity index (χ0n) is 6.55. The molecule has 0 saturated heterocycles. The molecule has 12 heavy (non-hydrogen) atoms. The molecule has 1 N–H and O–H groups in total. The van der Waals surface area contributed by atoms with Crippen molar-refractivity contribution in [2.45, 2.75) is 0 Å². The van der Waals surface area contributed by atoms with Gasteiger partial charge in [-0.25, -0.2) is 0 Å². The van der Waals surface area contributed by atoms with Gasteiger partial charge in [-0.1, -0.05) is 36.5 Å². The zero-order chi connectivity index (χ0) is 8.55.